The average molecular weight is 352 g/mol. The third kappa shape index (κ3) is 4.38. The zero-order valence-corrected chi connectivity index (χ0v) is 13.8. The van der Waals surface area contributed by atoms with Gasteiger partial charge in [-0.2, -0.15) is 0 Å². The number of nitrogens with zero attached hydrogens (tertiary/aromatic N) is 2. The lowest BCUT2D eigenvalue weighted by Crippen LogP contribution is -2.30. The molecule has 1 heterocycles. The monoisotopic (exact) mass is 352 g/mol. The van der Waals surface area contributed by atoms with E-state index in [0.717, 1.165) is 31.6 Å². The average Bonchev–Trinajstić information content (AvgIpc) is 2.81. The fourth-order valence-corrected chi connectivity index (χ4v) is 3.16. The van der Waals surface area contributed by atoms with E-state index in [9.17, 15) is 17.6 Å². The Morgan fingerprint density at radius 3 is 1.52 bits per heavy atom. The highest BCUT2D eigenvalue weighted by atomic mass is 19.2. The van der Waals surface area contributed by atoms with Crippen molar-refractivity contribution in [1.29, 1.82) is 0 Å². The van der Waals surface area contributed by atoms with Crippen molar-refractivity contribution in [3.63, 3.8) is 0 Å². The van der Waals surface area contributed by atoms with Crippen LogP contribution in [0.1, 0.15) is 17.5 Å². The largest absolute Gasteiger partial charge is 0.298 e. The van der Waals surface area contributed by atoms with Gasteiger partial charge in [0.1, 0.15) is 0 Å². The van der Waals surface area contributed by atoms with Crippen molar-refractivity contribution in [2.75, 3.05) is 26.2 Å². The van der Waals surface area contributed by atoms with Crippen molar-refractivity contribution in [2.45, 2.75) is 19.5 Å². The van der Waals surface area contributed by atoms with Gasteiger partial charge in [-0.05, 0) is 31.6 Å². The summed E-state index contributed by atoms with van der Waals surface area (Å²) < 4.78 is 54.3. The van der Waals surface area contributed by atoms with Crippen LogP contribution in [0.25, 0.3) is 0 Å². The van der Waals surface area contributed by atoms with Crippen molar-refractivity contribution in [1.82, 2.24) is 9.80 Å². The van der Waals surface area contributed by atoms with Crippen molar-refractivity contribution >= 4 is 0 Å². The van der Waals surface area contributed by atoms with E-state index in [1.807, 2.05) is 0 Å². The van der Waals surface area contributed by atoms with Crippen molar-refractivity contribution in [3.05, 3.63) is 70.8 Å². The van der Waals surface area contributed by atoms with Gasteiger partial charge in [-0.3, -0.25) is 9.80 Å². The molecule has 0 aliphatic carbocycles. The molecule has 2 nitrogen and oxygen atoms in total. The number of hydrogen-bond donors (Lipinski definition) is 0. The van der Waals surface area contributed by atoms with Crippen LogP contribution in [-0.4, -0.2) is 36.0 Å². The van der Waals surface area contributed by atoms with Gasteiger partial charge in [-0.15, -0.1) is 0 Å². The third-order valence-electron chi connectivity index (χ3n) is 4.53. The second-order valence-corrected chi connectivity index (χ2v) is 6.33. The molecule has 0 radical (unpaired) electrons. The highest BCUT2D eigenvalue weighted by Crippen LogP contribution is 2.17. The molecule has 2 aromatic rings. The van der Waals surface area contributed by atoms with Gasteiger partial charge < -0.3 is 0 Å². The predicted octanol–water partition coefficient (Wildman–Crippen LogP) is 3.95. The van der Waals surface area contributed by atoms with Gasteiger partial charge in [-0.25, -0.2) is 17.6 Å². The summed E-state index contributed by atoms with van der Waals surface area (Å²) >= 11 is 0. The Labute approximate surface area is 144 Å². The van der Waals surface area contributed by atoms with Crippen molar-refractivity contribution < 1.29 is 17.6 Å². The molecule has 0 spiro atoms. The normalized spacial score (nSPS) is 16.8. The SMILES string of the molecule is Fc1cccc(CN2CCCN(Cc3cccc(F)c3F)CC2)c1F. The van der Waals surface area contributed by atoms with Crippen LogP contribution < -0.4 is 0 Å². The molecule has 0 bridgehead atoms. The summed E-state index contributed by atoms with van der Waals surface area (Å²) in [5.41, 5.74) is 0.675. The molecule has 1 saturated heterocycles. The Balaban J connectivity index is 1.60. The van der Waals surface area contributed by atoms with Gasteiger partial charge >= 0.3 is 0 Å². The van der Waals surface area contributed by atoms with Crippen LogP contribution in [0.3, 0.4) is 0 Å². The summed E-state index contributed by atoms with van der Waals surface area (Å²) in [5, 5.41) is 0. The minimum absolute atomic E-state index is 0.338. The van der Waals surface area contributed by atoms with Crippen molar-refractivity contribution in [2.24, 2.45) is 0 Å². The van der Waals surface area contributed by atoms with E-state index >= 15 is 0 Å². The molecule has 2 aromatic carbocycles. The van der Waals surface area contributed by atoms with Crippen LogP contribution in [0, 0.1) is 23.3 Å². The maximum Gasteiger partial charge on any atom is 0.163 e. The minimum Gasteiger partial charge on any atom is -0.298 e. The van der Waals surface area contributed by atoms with E-state index in [2.05, 4.69) is 9.80 Å². The summed E-state index contributed by atoms with van der Waals surface area (Å²) in [6.07, 6.45) is 0.827. The summed E-state index contributed by atoms with van der Waals surface area (Å²) in [4.78, 5) is 4.11. The first-order valence-electron chi connectivity index (χ1n) is 8.35. The van der Waals surface area contributed by atoms with Crippen molar-refractivity contribution in [3.8, 4) is 0 Å². The number of rotatable bonds is 4. The molecule has 25 heavy (non-hydrogen) atoms. The summed E-state index contributed by atoms with van der Waals surface area (Å²) in [6.45, 7) is 3.49. The van der Waals surface area contributed by atoms with Gasteiger partial charge in [0, 0.05) is 37.3 Å². The van der Waals surface area contributed by atoms with Gasteiger partial charge in [-0.1, -0.05) is 24.3 Å². The van der Waals surface area contributed by atoms with Gasteiger partial charge in [0.2, 0.25) is 0 Å². The van der Waals surface area contributed by atoms with E-state index in [4.69, 9.17) is 0 Å². The number of halogens is 4. The van der Waals surface area contributed by atoms with E-state index in [1.54, 1.807) is 12.1 Å². The first-order valence-corrected chi connectivity index (χ1v) is 8.35. The van der Waals surface area contributed by atoms with Crippen LogP contribution in [0.4, 0.5) is 17.6 Å². The maximum absolute atomic E-state index is 13.8. The van der Waals surface area contributed by atoms with Crippen LogP contribution in [0.5, 0.6) is 0 Å². The van der Waals surface area contributed by atoms with Gasteiger partial charge in [0.25, 0.3) is 0 Å². The molecular formula is C19H20F4N2. The Morgan fingerprint density at radius 2 is 1.08 bits per heavy atom. The summed E-state index contributed by atoms with van der Waals surface area (Å²) in [5.74, 6) is -3.28. The molecule has 0 atom stereocenters. The lowest BCUT2D eigenvalue weighted by atomic mass is 10.2. The molecule has 0 unspecified atom stereocenters. The second-order valence-electron chi connectivity index (χ2n) is 6.33. The van der Waals surface area contributed by atoms with Crippen LogP contribution in [0.15, 0.2) is 36.4 Å². The van der Waals surface area contributed by atoms with Crippen LogP contribution >= 0.6 is 0 Å². The molecule has 0 aromatic heterocycles. The molecular weight excluding hydrogens is 332 g/mol. The first-order chi connectivity index (χ1) is 12.0. The molecule has 1 fully saturated rings. The number of hydrogen-bond acceptors (Lipinski definition) is 2. The van der Waals surface area contributed by atoms with Crippen LogP contribution in [-0.2, 0) is 13.1 Å². The van der Waals surface area contributed by atoms with Gasteiger partial charge in [0.05, 0.1) is 0 Å². The topological polar surface area (TPSA) is 6.48 Å². The molecule has 6 heteroatoms. The fraction of sp³-hybridized carbons (Fsp3) is 0.368. The summed E-state index contributed by atoms with van der Waals surface area (Å²) in [6, 6.07) is 8.40. The second kappa shape index (κ2) is 7.97. The lowest BCUT2D eigenvalue weighted by Gasteiger charge is -2.22. The molecule has 1 aliphatic heterocycles. The molecule has 0 amide bonds. The van der Waals surface area contributed by atoms with Crippen LogP contribution in [0.2, 0.25) is 0 Å². The Bertz CT molecular complexity index is 674. The number of benzene rings is 2. The molecule has 1 aliphatic rings. The predicted molar refractivity (Wildman–Crippen MR) is 87.9 cm³/mol. The third-order valence-corrected chi connectivity index (χ3v) is 4.53. The van der Waals surface area contributed by atoms with E-state index in [0.29, 0.717) is 37.3 Å². The Morgan fingerprint density at radius 1 is 0.640 bits per heavy atom. The molecule has 0 saturated carbocycles. The molecule has 0 N–H and O–H groups in total. The lowest BCUT2D eigenvalue weighted by molar-refractivity contribution is 0.242. The quantitative estimate of drug-likeness (QED) is 0.769. The fourth-order valence-electron chi connectivity index (χ4n) is 3.16. The minimum atomic E-state index is -0.837. The van der Waals surface area contributed by atoms with Gasteiger partial charge in [0.15, 0.2) is 23.3 Å². The van der Waals surface area contributed by atoms with E-state index in [1.165, 1.54) is 12.1 Å². The van der Waals surface area contributed by atoms with E-state index in [-0.39, 0.29) is 0 Å². The maximum atomic E-state index is 13.8. The zero-order chi connectivity index (χ0) is 17.8. The Hall–Kier alpha value is -1.92. The summed E-state index contributed by atoms with van der Waals surface area (Å²) in [7, 11) is 0. The highest BCUT2D eigenvalue weighted by Gasteiger charge is 2.19. The zero-order valence-electron chi connectivity index (χ0n) is 13.8. The van der Waals surface area contributed by atoms with E-state index < -0.39 is 23.3 Å². The highest BCUT2D eigenvalue weighted by molar-refractivity contribution is 5.20. The first kappa shape index (κ1) is 17.9. The smallest absolute Gasteiger partial charge is 0.163 e. The molecule has 3 rings (SSSR count). The standard InChI is InChI=1S/C19H20F4N2/c20-16-6-1-4-14(18(16)22)12-24-8-3-9-25(11-10-24)13-15-5-2-7-17(21)19(15)23/h1-2,4-7H,3,8-13H2. The Kier molecular flexibility index (Phi) is 5.71. The molecule has 134 valence electrons.